The second-order valence-corrected chi connectivity index (χ2v) is 7.07. The molecule has 0 radical (unpaired) electrons. The summed E-state index contributed by atoms with van der Waals surface area (Å²) in [5, 5.41) is 10.6. The Morgan fingerprint density at radius 2 is 1.87 bits per heavy atom. The van der Waals surface area contributed by atoms with Crippen molar-refractivity contribution >= 4 is 34.2 Å². The number of amides is 2. The number of fused-ring (bicyclic) bond motifs is 1. The molecule has 0 unspecified atom stereocenters. The fourth-order valence-electron chi connectivity index (χ4n) is 3.43. The molecule has 8 heteroatoms. The number of hydrogen-bond donors (Lipinski definition) is 2. The quantitative estimate of drug-likeness (QED) is 0.512. The van der Waals surface area contributed by atoms with Gasteiger partial charge in [-0.25, -0.2) is 9.37 Å². The average Bonchev–Trinajstić information content (AvgIpc) is 3.07. The molecule has 4 rings (SSSR count). The lowest BCUT2D eigenvalue weighted by atomic mass is 10.0. The Hall–Kier alpha value is -4.07. The molecule has 0 atom stereocenters. The predicted octanol–water partition coefficient (Wildman–Crippen LogP) is 4.10. The zero-order valence-electron chi connectivity index (χ0n) is 17.0. The van der Waals surface area contributed by atoms with Crippen molar-refractivity contribution < 1.29 is 14.0 Å². The van der Waals surface area contributed by atoms with Crippen LogP contribution in [-0.4, -0.2) is 33.3 Å². The Bertz CT molecular complexity index is 1300. The summed E-state index contributed by atoms with van der Waals surface area (Å²) in [5.41, 5.74) is 4.49. The number of carbonyl (C=O) groups excluding carboxylic acids is 2. The van der Waals surface area contributed by atoms with E-state index in [1.165, 1.54) is 6.20 Å². The molecule has 0 aliphatic carbocycles. The van der Waals surface area contributed by atoms with Crippen LogP contribution in [0.15, 0.2) is 60.8 Å². The number of rotatable bonds is 5. The molecule has 7 nitrogen and oxygen atoms in total. The number of carbonyl (C=O) groups is 2. The fourth-order valence-corrected chi connectivity index (χ4v) is 3.43. The van der Waals surface area contributed by atoms with Crippen LogP contribution in [0.25, 0.3) is 22.2 Å². The van der Waals surface area contributed by atoms with Gasteiger partial charge in [0, 0.05) is 35.6 Å². The van der Waals surface area contributed by atoms with Crippen molar-refractivity contribution in [3.8, 4) is 11.1 Å². The Kier molecular flexibility index (Phi) is 5.44. The standard InChI is InChI=1S/C23H20FN5O2/c1-14-19-11-16(13-25-22(19)29(2)28-14)23(31)26-17-7-5-6-15(10-17)18-8-3-4-9-20(18)27-21(30)12-24/h3-11,13H,12H2,1-2H3,(H,26,31)(H,27,30). The van der Waals surface area contributed by atoms with Crippen LogP contribution in [-0.2, 0) is 11.8 Å². The van der Waals surface area contributed by atoms with Gasteiger partial charge < -0.3 is 10.6 Å². The van der Waals surface area contributed by atoms with Crippen molar-refractivity contribution in [3.05, 3.63) is 72.1 Å². The van der Waals surface area contributed by atoms with E-state index in [0.29, 0.717) is 22.6 Å². The third-order valence-corrected chi connectivity index (χ3v) is 4.88. The summed E-state index contributed by atoms with van der Waals surface area (Å²) in [4.78, 5) is 28.6. The lowest BCUT2D eigenvalue weighted by Crippen LogP contribution is -2.14. The van der Waals surface area contributed by atoms with E-state index in [0.717, 1.165) is 22.2 Å². The van der Waals surface area contributed by atoms with E-state index in [9.17, 15) is 14.0 Å². The third kappa shape index (κ3) is 4.13. The maximum Gasteiger partial charge on any atom is 0.257 e. The minimum atomic E-state index is -1.10. The first-order valence-electron chi connectivity index (χ1n) is 9.62. The number of para-hydroxylation sites is 1. The van der Waals surface area contributed by atoms with E-state index in [4.69, 9.17) is 0 Å². The molecule has 2 aromatic heterocycles. The van der Waals surface area contributed by atoms with Gasteiger partial charge >= 0.3 is 0 Å². The lowest BCUT2D eigenvalue weighted by molar-refractivity contribution is -0.117. The van der Waals surface area contributed by atoms with Crippen molar-refractivity contribution in [2.45, 2.75) is 6.92 Å². The number of aromatic nitrogens is 3. The molecule has 2 heterocycles. The van der Waals surface area contributed by atoms with Crippen LogP contribution < -0.4 is 10.6 Å². The molecule has 0 fully saturated rings. The van der Waals surface area contributed by atoms with Crippen LogP contribution in [0.3, 0.4) is 0 Å². The average molecular weight is 417 g/mol. The zero-order chi connectivity index (χ0) is 22.0. The van der Waals surface area contributed by atoms with Crippen LogP contribution in [0, 0.1) is 6.92 Å². The van der Waals surface area contributed by atoms with Gasteiger partial charge in [0.05, 0.1) is 11.3 Å². The van der Waals surface area contributed by atoms with Crippen LogP contribution in [0.4, 0.5) is 15.8 Å². The number of halogens is 1. The minimum absolute atomic E-state index is 0.297. The van der Waals surface area contributed by atoms with Crippen LogP contribution in [0.2, 0.25) is 0 Å². The van der Waals surface area contributed by atoms with Crippen molar-refractivity contribution in [1.29, 1.82) is 0 Å². The second-order valence-electron chi connectivity index (χ2n) is 7.07. The molecule has 0 aliphatic rings. The first kappa shape index (κ1) is 20.2. The van der Waals surface area contributed by atoms with E-state index in [1.807, 2.05) is 25.1 Å². The Morgan fingerprint density at radius 3 is 2.68 bits per heavy atom. The van der Waals surface area contributed by atoms with Gasteiger partial charge in [-0.1, -0.05) is 30.3 Å². The minimum Gasteiger partial charge on any atom is -0.323 e. The van der Waals surface area contributed by atoms with Gasteiger partial charge in [0.1, 0.15) is 0 Å². The topological polar surface area (TPSA) is 88.9 Å². The number of pyridine rings is 1. The van der Waals surface area contributed by atoms with Gasteiger partial charge in [0.2, 0.25) is 0 Å². The second kappa shape index (κ2) is 8.35. The summed E-state index contributed by atoms with van der Waals surface area (Å²) in [5.74, 6) is -1.01. The molecule has 2 N–H and O–H groups in total. The number of nitrogens with zero attached hydrogens (tertiary/aromatic N) is 3. The molecule has 2 aromatic carbocycles. The summed E-state index contributed by atoms with van der Waals surface area (Å²) < 4.78 is 14.3. The van der Waals surface area contributed by atoms with Crippen molar-refractivity contribution in [3.63, 3.8) is 0 Å². The molecule has 4 aromatic rings. The molecular weight excluding hydrogens is 397 g/mol. The lowest BCUT2D eigenvalue weighted by Gasteiger charge is -2.12. The molecule has 31 heavy (non-hydrogen) atoms. The van der Waals surface area contributed by atoms with Gasteiger partial charge in [-0.15, -0.1) is 0 Å². The van der Waals surface area contributed by atoms with E-state index in [-0.39, 0.29) is 5.91 Å². The van der Waals surface area contributed by atoms with E-state index in [2.05, 4.69) is 20.7 Å². The SMILES string of the molecule is Cc1nn(C)c2ncc(C(=O)Nc3cccc(-c4ccccc4NC(=O)CF)c3)cc12. The third-order valence-electron chi connectivity index (χ3n) is 4.88. The molecule has 0 aliphatic heterocycles. The van der Waals surface area contributed by atoms with E-state index >= 15 is 0 Å². The highest BCUT2D eigenvalue weighted by Gasteiger charge is 2.13. The number of alkyl halides is 1. The Morgan fingerprint density at radius 1 is 1.06 bits per heavy atom. The number of anilines is 2. The molecule has 0 spiro atoms. The summed E-state index contributed by atoms with van der Waals surface area (Å²) in [6, 6.07) is 16.1. The van der Waals surface area contributed by atoms with Crippen LogP contribution in [0.1, 0.15) is 16.1 Å². The highest BCUT2D eigenvalue weighted by molar-refractivity contribution is 6.06. The molecule has 156 valence electrons. The highest BCUT2D eigenvalue weighted by atomic mass is 19.1. The fraction of sp³-hybridized carbons (Fsp3) is 0.130. The van der Waals surface area contributed by atoms with Gasteiger partial charge in [-0.3, -0.25) is 14.3 Å². The van der Waals surface area contributed by atoms with Crippen molar-refractivity contribution in [2.75, 3.05) is 17.3 Å². The monoisotopic (exact) mass is 417 g/mol. The smallest absolute Gasteiger partial charge is 0.257 e. The van der Waals surface area contributed by atoms with Crippen molar-refractivity contribution in [1.82, 2.24) is 14.8 Å². The van der Waals surface area contributed by atoms with Crippen LogP contribution in [0.5, 0.6) is 0 Å². The van der Waals surface area contributed by atoms with Crippen molar-refractivity contribution in [2.24, 2.45) is 7.05 Å². The number of aryl methyl sites for hydroxylation is 2. The number of hydrogen-bond acceptors (Lipinski definition) is 4. The van der Waals surface area contributed by atoms with Gasteiger partial charge in [-0.2, -0.15) is 5.10 Å². The summed E-state index contributed by atoms with van der Waals surface area (Å²) in [7, 11) is 1.81. The zero-order valence-corrected chi connectivity index (χ0v) is 17.0. The first-order chi connectivity index (χ1) is 15.0. The van der Waals surface area contributed by atoms with E-state index < -0.39 is 12.6 Å². The van der Waals surface area contributed by atoms with Gasteiger partial charge in [0.15, 0.2) is 12.3 Å². The predicted molar refractivity (Wildman–Crippen MR) is 118 cm³/mol. The maximum atomic E-state index is 12.8. The summed E-state index contributed by atoms with van der Waals surface area (Å²) >= 11 is 0. The van der Waals surface area contributed by atoms with E-state index in [1.54, 1.807) is 48.1 Å². The van der Waals surface area contributed by atoms with Gasteiger partial charge in [-0.05, 0) is 36.8 Å². The first-order valence-corrected chi connectivity index (χ1v) is 9.62. The number of benzene rings is 2. The van der Waals surface area contributed by atoms with Crippen LogP contribution >= 0.6 is 0 Å². The van der Waals surface area contributed by atoms with Gasteiger partial charge in [0.25, 0.3) is 11.8 Å². The molecule has 0 saturated heterocycles. The molecular formula is C23H20FN5O2. The largest absolute Gasteiger partial charge is 0.323 e. The molecule has 2 amide bonds. The summed E-state index contributed by atoms with van der Waals surface area (Å²) in [6.07, 6.45) is 1.52. The Balaban J connectivity index is 1.60. The normalized spacial score (nSPS) is 10.8. The summed E-state index contributed by atoms with van der Waals surface area (Å²) in [6.45, 7) is 0.771. The maximum absolute atomic E-state index is 12.8. The highest BCUT2D eigenvalue weighted by Crippen LogP contribution is 2.30. The number of nitrogens with one attached hydrogen (secondary N) is 2. The molecule has 0 bridgehead atoms. The Labute approximate surface area is 177 Å². The molecule has 0 saturated carbocycles.